The smallest absolute Gasteiger partial charge is 0.327 e. The van der Waals surface area contributed by atoms with Crippen molar-refractivity contribution in [3.63, 3.8) is 0 Å². The van der Waals surface area contributed by atoms with E-state index in [1.54, 1.807) is 0 Å². The fraction of sp³-hybridized carbons (Fsp3) is 0.879. The molecule has 49 heavy (non-hydrogen) atoms. The van der Waals surface area contributed by atoms with Crippen LogP contribution in [0.3, 0.4) is 0 Å². The Hall–Kier alpha value is -0.380. The second-order valence-electron chi connectivity index (χ2n) is 14.1. The maximum atomic E-state index is 10.3. The maximum Gasteiger partial charge on any atom is 0.327 e. The van der Waals surface area contributed by atoms with E-state index >= 15 is 0 Å². The van der Waals surface area contributed by atoms with E-state index in [-0.39, 0.29) is 38.3 Å². The molecule has 3 aliphatic heterocycles. The molecule has 0 aliphatic carbocycles. The van der Waals surface area contributed by atoms with Crippen molar-refractivity contribution in [3.8, 4) is 12.1 Å². The monoisotopic (exact) mass is 766 g/mol. The first-order valence-electron chi connectivity index (χ1n) is 17.2. The van der Waals surface area contributed by atoms with Crippen molar-refractivity contribution in [2.75, 3.05) is 33.0 Å². The normalized spacial score (nSPS) is 30.8. The molecule has 280 valence electrons. The third kappa shape index (κ3) is 12.6. The molecule has 12 nitrogen and oxygen atoms in total. The first kappa shape index (κ1) is 43.0. The van der Waals surface area contributed by atoms with Crippen LogP contribution in [-0.4, -0.2) is 87.0 Å². The number of nitriles is 2. The molecule has 3 heterocycles. The van der Waals surface area contributed by atoms with Gasteiger partial charge in [0.05, 0.1) is 74.8 Å². The van der Waals surface area contributed by atoms with E-state index in [0.717, 1.165) is 12.8 Å². The van der Waals surface area contributed by atoms with Crippen molar-refractivity contribution in [1.82, 2.24) is 0 Å². The van der Waals surface area contributed by atoms with E-state index in [1.807, 2.05) is 47.6 Å². The number of allylic oxidation sites excluding steroid dienone is 1. The van der Waals surface area contributed by atoms with Crippen LogP contribution in [0, 0.1) is 33.5 Å². The highest BCUT2D eigenvalue weighted by Crippen LogP contribution is 2.58. The molecule has 3 rings (SSSR count). The number of nitrogens with zero attached hydrogens (tertiary/aromatic N) is 2. The molecule has 0 aromatic rings. The molecule has 3 fully saturated rings. The van der Waals surface area contributed by atoms with Gasteiger partial charge in [0, 0.05) is 32.7 Å². The Morgan fingerprint density at radius 2 is 1.33 bits per heavy atom. The van der Waals surface area contributed by atoms with E-state index in [2.05, 4.69) is 18.7 Å². The lowest BCUT2D eigenvalue weighted by molar-refractivity contribution is -0.0332. The summed E-state index contributed by atoms with van der Waals surface area (Å²) in [5.41, 5.74) is -0.866. The van der Waals surface area contributed by atoms with Crippen LogP contribution < -0.4 is 0 Å². The largest absolute Gasteiger partial charge is 0.390 e. The van der Waals surface area contributed by atoms with Gasteiger partial charge in [-0.15, -0.1) is 6.58 Å². The van der Waals surface area contributed by atoms with Gasteiger partial charge in [-0.25, -0.2) is 0 Å². The molecule has 0 bridgehead atoms. The lowest BCUT2D eigenvalue weighted by Crippen LogP contribution is -2.35. The van der Waals surface area contributed by atoms with Crippen LogP contribution in [0.5, 0.6) is 0 Å². The molecule has 0 aromatic heterocycles. The molecule has 11 atom stereocenters. The van der Waals surface area contributed by atoms with Gasteiger partial charge in [-0.05, 0) is 60.1 Å². The van der Waals surface area contributed by atoms with Gasteiger partial charge >= 0.3 is 13.4 Å². The number of hydrogen-bond donors (Lipinski definition) is 1. The maximum absolute atomic E-state index is 10.3. The Morgan fingerprint density at radius 1 is 0.837 bits per heavy atom. The summed E-state index contributed by atoms with van der Waals surface area (Å²) in [6.07, 6.45) is 1.60. The molecule has 0 radical (unpaired) electrons. The third-order valence-electron chi connectivity index (χ3n) is 9.43. The van der Waals surface area contributed by atoms with Gasteiger partial charge in [0.25, 0.3) is 0 Å². The Morgan fingerprint density at radius 3 is 1.82 bits per heavy atom. The third-order valence-corrected chi connectivity index (χ3v) is 14.1. The standard InChI is InChI=1S/C33H56N2O10P2S2/c1-8-16-33(7,10-3)31(12-18-35)45-47(49,42-26-14-20-37-25(26)9-2)41-23-29-27(15-21-39-29)43-46(48,40-22-28-24(36)13-19-38-28)44-30(11-17-34)32(4,5)6/h8,24-31,36H,1,9-16,19-23H2,2-7H3. The lowest BCUT2D eigenvalue weighted by atomic mass is 9.77. The van der Waals surface area contributed by atoms with E-state index in [0.29, 0.717) is 45.5 Å². The first-order chi connectivity index (χ1) is 23.1. The van der Waals surface area contributed by atoms with Gasteiger partial charge in [-0.2, -0.15) is 10.5 Å². The molecule has 0 aromatic carbocycles. The second-order valence-corrected chi connectivity index (χ2v) is 20.0. The van der Waals surface area contributed by atoms with Crippen molar-refractivity contribution in [2.24, 2.45) is 10.8 Å². The van der Waals surface area contributed by atoms with Crippen LogP contribution >= 0.6 is 13.4 Å². The van der Waals surface area contributed by atoms with Gasteiger partial charge in [-0.3, -0.25) is 0 Å². The Bertz CT molecular complexity index is 1240. The minimum Gasteiger partial charge on any atom is -0.390 e. The van der Waals surface area contributed by atoms with Crippen LogP contribution in [0.4, 0.5) is 0 Å². The van der Waals surface area contributed by atoms with Gasteiger partial charge in [0.2, 0.25) is 0 Å². The van der Waals surface area contributed by atoms with Gasteiger partial charge in [-0.1, -0.05) is 47.6 Å². The highest BCUT2D eigenvalue weighted by Gasteiger charge is 2.44. The van der Waals surface area contributed by atoms with E-state index in [4.69, 9.17) is 65.0 Å². The molecule has 16 heteroatoms. The van der Waals surface area contributed by atoms with Crippen molar-refractivity contribution in [3.05, 3.63) is 12.7 Å². The zero-order valence-electron chi connectivity index (χ0n) is 29.8. The number of ether oxygens (including phenoxy) is 3. The van der Waals surface area contributed by atoms with Crippen LogP contribution in [0.2, 0.25) is 0 Å². The van der Waals surface area contributed by atoms with Crippen molar-refractivity contribution < 1.29 is 46.5 Å². The Labute approximate surface area is 303 Å². The fourth-order valence-electron chi connectivity index (χ4n) is 5.89. The topological polar surface area (TPSA) is 151 Å². The zero-order chi connectivity index (χ0) is 36.3. The first-order valence-corrected chi connectivity index (χ1v) is 22.4. The van der Waals surface area contributed by atoms with Crippen molar-refractivity contribution in [1.29, 1.82) is 10.5 Å². The molecule has 1 N–H and O–H groups in total. The molecular formula is C33H56N2O10P2S2. The highest BCUT2D eigenvalue weighted by molar-refractivity contribution is 8.07. The molecular weight excluding hydrogens is 710 g/mol. The summed E-state index contributed by atoms with van der Waals surface area (Å²) in [4.78, 5) is 0. The molecule has 0 amide bonds. The van der Waals surface area contributed by atoms with Crippen molar-refractivity contribution >= 4 is 37.1 Å². The summed E-state index contributed by atoms with van der Waals surface area (Å²) in [6.45, 7) is 10.2. The average molecular weight is 767 g/mol. The Kier molecular flexibility index (Phi) is 17.2. The Balaban J connectivity index is 1.84. The predicted octanol–water partition coefficient (Wildman–Crippen LogP) is 7.01. The fourth-order valence-corrected chi connectivity index (χ4v) is 11.0. The minimum atomic E-state index is -3.52. The van der Waals surface area contributed by atoms with Gasteiger partial charge in [0.15, 0.2) is 0 Å². The quantitative estimate of drug-likeness (QED) is 0.0942. The summed E-state index contributed by atoms with van der Waals surface area (Å²) in [7, 11) is 0. The van der Waals surface area contributed by atoms with E-state index < -0.39 is 60.9 Å². The molecule has 3 saturated heterocycles. The summed E-state index contributed by atoms with van der Waals surface area (Å²) in [5.74, 6) is 0. The van der Waals surface area contributed by atoms with Crippen molar-refractivity contribution in [2.45, 2.75) is 142 Å². The molecule has 11 unspecified atom stereocenters. The summed E-state index contributed by atoms with van der Waals surface area (Å²) < 4.78 is 56.1. The number of aliphatic hydroxyl groups excluding tert-OH is 1. The minimum absolute atomic E-state index is 0.0255. The number of hydrogen-bond acceptors (Lipinski definition) is 14. The molecule has 0 spiro atoms. The van der Waals surface area contributed by atoms with Gasteiger partial charge in [0.1, 0.15) is 12.2 Å². The van der Waals surface area contributed by atoms with E-state index in [9.17, 15) is 15.6 Å². The number of rotatable bonds is 21. The zero-order valence-corrected chi connectivity index (χ0v) is 33.2. The van der Waals surface area contributed by atoms with Crippen LogP contribution in [0.25, 0.3) is 0 Å². The van der Waals surface area contributed by atoms with Crippen LogP contribution in [0.15, 0.2) is 12.7 Å². The average Bonchev–Trinajstić information content (AvgIpc) is 3.79. The lowest BCUT2D eigenvalue weighted by Gasteiger charge is -2.39. The highest BCUT2D eigenvalue weighted by atomic mass is 32.5. The summed E-state index contributed by atoms with van der Waals surface area (Å²) >= 11 is 12.0. The second kappa shape index (κ2) is 19.6. The van der Waals surface area contributed by atoms with Crippen LogP contribution in [-0.2, 0) is 65.0 Å². The predicted molar refractivity (Wildman–Crippen MR) is 192 cm³/mol. The van der Waals surface area contributed by atoms with Gasteiger partial charge < -0.3 is 46.5 Å². The van der Waals surface area contributed by atoms with E-state index in [1.165, 1.54) is 0 Å². The number of aliphatic hydroxyl groups is 1. The molecule has 3 aliphatic rings. The summed E-state index contributed by atoms with van der Waals surface area (Å²) in [6, 6.07) is 4.43. The summed E-state index contributed by atoms with van der Waals surface area (Å²) in [5, 5.41) is 29.6. The SMILES string of the molecule is C=CCC(C)(CC)C(CC#N)OP(=S)(OCC1OCCC1OP(=S)(OCC1OCCC1O)OC(CC#N)C(C)(C)C)OC1CCOC1CC. The molecule has 0 saturated carbocycles. The van der Waals surface area contributed by atoms with Crippen LogP contribution in [0.1, 0.15) is 92.9 Å².